The van der Waals surface area contributed by atoms with Gasteiger partial charge in [-0.05, 0) is 122 Å². The summed E-state index contributed by atoms with van der Waals surface area (Å²) >= 11 is 0. The fourth-order valence-electron chi connectivity index (χ4n) is 13.9. The molecule has 0 amide bonds. The number of aliphatic hydroxyl groups is 9. The lowest BCUT2D eigenvalue weighted by atomic mass is 9.41. The average Bonchev–Trinajstić information content (AvgIpc) is 3.66. The molecule has 7 rings (SSSR count). The molecule has 0 bridgehead atoms. The van der Waals surface area contributed by atoms with Crippen molar-refractivity contribution in [3.63, 3.8) is 0 Å². The molecule has 2 saturated heterocycles. The van der Waals surface area contributed by atoms with Crippen LogP contribution in [-0.2, 0) is 18.9 Å². The highest BCUT2D eigenvalue weighted by atomic mass is 16.7. The van der Waals surface area contributed by atoms with Crippen LogP contribution in [0.15, 0.2) is 0 Å². The third kappa shape index (κ3) is 6.04. The van der Waals surface area contributed by atoms with Gasteiger partial charge in [-0.15, -0.1) is 0 Å². The Morgan fingerprint density at radius 3 is 2.04 bits per heavy atom. The number of hydrogen-bond donors (Lipinski definition) is 9. The summed E-state index contributed by atoms with van der Waals surface area (Å²) in [4.78, 5) is 0. The largest absolute Gasteiger partial charge is 0.393 e. The molecule has 7 aliphatic rings. The first-order valence-electron chi connectivity index (χ1n) is 20.3. The molecule has 0 aromatic carbocycles. The van der Waals surface area contributed by atoms with Crippen molar-refractivity contribution in [1.29, 1.82) is 0 Å². The highest BCUT2D eigenvalue weighted by Gasteiger charge is 2.84. The molecule has 0 radical (unpaired) electrons. The van der Waals surface area contributed by atoms with Crippen LogP contribution in [0.4, 0.5) is 0 Å². The zero-order valence-corrected chi connectivity index (χ0v) is 32.7. The first kappa shape index (κ1) is 40.7. The predicted octanol–water partition coefficient (Wildman–Crippen LogP) is 1.20. The quantitative estimate of drug-likeness (QED) is 0.151. The van der Waals surface area contributed by atoms with E-state index >= 15 is 0 Å². The molecule has 5 saturated carbocycles. The van der Waals surface area contributed by atoms with Crippen LogP contribution in [0.3, 0.4) is 0 Å². The molecule has 13 nitrogen and oxygen atoms in total. The second kappa shape index (κ2) is 13.5. The molecule has 0 aromatic rings. The Morgan fingerprint density at radius 1 is 0.736 bits per heavy atom. The van der Waals surface area contributed by atoms with Gasteiger partial charge in [-0.3, -0.25) is 0 Å². The smallest absolute Gasteiger partial charge is 0.186 e. The molecule has 0 aromatic heterocycles. The summed E-state index contributed by atoms with van der Waals surface area (Å²) in [5.41, 5.74) is -2.05. The van der Waals surface area contributed by atoms with E-state index in [1.54, 1.807) is 13.8 Å². The van der Waals surface area contributed by atoms with Crippen LogP contribution in [0, 0.1) is 50.7 Å². The summed E-state index contributed by atoms with van der Waals surface area (Å²) in [6, 6.07) is 0. The number of ether oxygens (including phenoxy) is 4. The number of rotatable bonds is 9. The maximum Gasteiger partial charge on any atom is 0.186 e. The van der Waals surface area contributed by atoms with E-state index in [4.69, 9.17) is 18.9 Å². The molecule has 7 unspecified atom stereocenters. The molecule has 13 heteroatoms. The first-order chi connectivity index (χ1) is 24.6. The van der Waals surface area contributed by atoms with Gasteiger partial charge in [-0.25, -0.2) is 0 Å². The molecule has 20 atom stereocenters. The third-order valence-electron chi connectivity index (χ3n) is 16.9. The molecular weight excluding hydrogens is 688 g/mol. The second-order valence-corrected chi connectivity index (χ2v) is 20.3. The van der Waals surface area contributed by atoms with E-state index in [-0.39, 0.29) is 58.5 Å². The maximum atomic E-state index is 12.3. The van der Waals surface area contributed by atoms with E-state index in [9.17, 15) is 46.0 Å². The Balaban J connectivity index is 1.09. The van der Waals surface area contributed by atoms with Crippen LogP contribution >= 0.6 is 0 Å². The summed E-state index contributed by atoms with van der Waals surface area (Å²) in [6.45, 7) is 14.0. The minimum absolute atomic E-state index is 0.0511. The summed E-state index contributed by atoms with van der Waals surface area (Å²) < 4.78 is 24.0. The lowest BCUT2D eigenvalue weighted by molar-refractivity contribution is -0.356. The normalized spacial score (nSPS) is 54.6. The Kier molecular flexibility index (Phi) is 10.4. The summed E-state index contributed by atoms with van der Waals surface area (Å²) in [5.74, 6) is 0.384. The lowest BCUT2D eigenvalue weighted by Crippen LogP contribution is -2.63. The minimum atomic E-state index is -1.60. The minimum Gasteiger partial charge on any atom is -0.393 e. The monoisotopic (exact) mass is 756 g/mol. The van der Waals surface area contributed by atoms with Gasteiger partial charge >= 0.3 is 0 Å². The van der Waals surface area contributed by atoms with Gasteiger partial charge in [0.25, 0.3) is 0 Å². The van der Waals surface area contributed by atoms with Crippen LogP contribution in [0.5, 0.6) is 0 Å². The Bertz CT molecular complexity index is 1340. The number of hydrogen-bond acceptors (Lipinski definition) is 13. The van der Waals surface area contributed by atoms with Crippen molar-refractivity contribution in [2.24, 2.45) is 50.7 Å². The van der Waals surface area contributed by atoms with Crippen LogP contribution in [0.25, 0.3) is 0 Å². The van der Waals surface area contributed by atoms with Crippen molar-refractivity contribution in [2.75, 3.05) is 13.2 Å². The summed E-state index contributed by atoms with van der Waals surface area (Å²) in [6.07, 6.45) is -6.14. The summed E-state index contributed by atoms with van der Waals surface area (Å²) in [5, 5.41) is 97.2. The van der Waals surface area contributed by atoms with Gasteiger partial charge in [-0.1, -0.05) is 34.6 Å². The van der Waals surface area contributed by atoms with E-state index in [1.807, 2.05) is 0 Å². The van der Waals surface area contributed by atoms with Crippen molar-refractivity contribution in [3.05, 3.63) is 0 Å². The Labute approximate surface area is 314 Å². The van der Waals surface area contributed by atoms with Gasteiger partial charge in [0.1, 0.15) is 36.6 Å². The second-order valence-electron chi connectivity index (χ2n) is 20.3. The van der Waals surface area contributed by atoms with Crippen LogP contribution in [0.1, 0.15) is 106 Å². The lowest BCUT2D eigenvalue weighted by Gasteiger charge is -2.64. The van der Waals surface area contributed by atoms with Crippen LogP contribution in [0.2, 0.25) is 0 Å². The molecule has 2 aliphatic heterocycles. The molecule has 7 fully saturated rings. The molecule has 53 heavy (non-hydrogen) atoms. The van der Waals surface area contributed by atoms with Gasteiger partial charge in [0.2, 0.25) is 0 Å². The molecule has 5 aliphatic carbocycles. The van der Waals surface area contributed by atoms with Crippen molar-refractivity contribution < 1.29 is 64.9 Å². The molecular formula is C40H68O13. The van der Waals surface area contributed by atoms with E-state index in [1.165, 1.54) is 0 Å². The fourth-order valence-corrected chi connectivity index (χ4v) is 13.9. The zero-order valence-electron chi connectivity index (χ0n) is 32.7. The van der Waals surface area contributed by atoms with Gasteiger partial charge in [0.15, 0.2) is 12.6 Å². The highest BCUT2D eigenvalue weighted by Crippen LogP contribution is 2.89. The first-order valence-corrected chi connectivity index (χ1v) is 20.3. The van der Waals surface area contributed by atoms with E-state index in [0.29, 0.717) is 32.1 Å². The van der Waals surface area contributed by atoms with Crippen molar-refractivity contribution in [1.82, 2.24) is 0 Å². The van der Waals surface area contributed by atoms with E-state index < -0.39 is 84.6 Å². The molecule has 9 N–H and O–H groups in total. The maximum absolute atomic E-state index is 12.3. The fraction of sp³-hybridized carbons (Fsp3) is 1.00. The molecule has 2 spiro atoms. The van der Waals surface area contributed by atoms with Crippen molar-refractivity contribution >= 4 is 0 Å². The average molecular weight is 757 g/mol. The topological polar surface area (TPSA) is 219 Å². The summed E-state index contributed by atoms with van der Waals surface area (Å²) in [7, 11) is 0. The standard InChI is InChI=1S/C40H68O13/c1-19(8-9-25(45)36(4,5)49)27-21(42)15-38(7)24-14-20(41)32-35(2,3)26(10-11-40(32)18-39(24,40)13-12-37(27,38)6)52-34-31(29(47)23(44)17-51-34)53-33-30(48)28(46)22(43)16-50-33/h19-34,41-49H,8-18H2,1-7H3/t19-,20+,21-,22+,23+,24?,25-,26+,27?,28?,29?,30?,31?,32?,33+,34+,37-,38+,39+,40-/m1/s1. The Hall–Kier alpha value is -0.520. The van der Waals surface area contributed by atoms with Gasteiger partial charge in [0, 0.05) is 0 Å². The number of fused-ring (bicyclic) bond motifs is 2. The zero-order chi connectivity index (χ0) is 38.8. The SMILES string of the molecule is C[C@H](CC[C@@H](O)C(C)(C)O)C1[C@H](O)C[C@@]2(C)C3C[C@H](O)C4C(C)(C)[C@@H](O[C@@H]5OC[C@H](O)C(O)C5O[C@@H]5OC[C@H](O)C(O)C5O)CC[C@@]45C[C@@]35CC[C@]12C. The van der Waals surface area contributed by atoms with E-state index in [2.05, 4.69) is 34.6 Å². The van der Waals surface area contributed by atoms with Gasteiger partial charge < -0.3 is 64.9 Å². The van der Waals surface area contributed by atoms with Gasteiger partial charge in [0.05, 0.1) is 43.2 Å². The highest BCUT2D eigenvalue weighted by molar-refractivity contribution is 5.32. The van der Waals surface area contributed by atoms with Crippen LogP contribution in [-0.4, -0.2) is 138 Å². The van der Waals surface area contributed by atoms with E-state index in [0.717, 1.165) is 25.7 Å². The van der Waals surface area contributed by atoms with Crippen LogP contribution < -0.4 is 0 Å². The van der Waals surface area contributed by atoms with Crippen molar-refractivity contribution in [3.8, 4) is 0 Å². The molecule has 306 valence electrons. The Morgan fingerprint density at radius 2 is 1.38 bits per heavy atom. The number of aliphatic hydroxyl groups excluding tert-OH is 8. The third-order valence-corrected chi connectivity index (χ3v) is 16.9. The van der Waals surface area contributed by atoms with Gasteiger partial charge in [-0.2, -0.15) is 0 Å². The predicted molar refractivity (Wildman–Crippen MR) is 190 cm³/mol. The van der Waals surface area contributed by atoms with Crippen molar-refractivity contribution in [2.45, 2.75) is 185 Å². The molecule has 2 heterocycles.